The van der Waals surface area contributed by atoms with Crippen molar-refractivity contribution in [2.45, 2.75) is 25.4 Å². The number of nitrogens with zero attached hydrogens (tertiary/aromatic N) is 4. The van der Waals surface area contributed by atoms with Crippen LogP contribution in [0.5, 0.6) is 0 Å². The molecule has 0 bridgehead atoms. The molecule has 1 atom stereocenters. The Morgan fingerprint density at radius 1 is 1.14 bits per heavy atom. The van der Waals surface area contributed by atoms with Crippen LogP contribution in [-0.4, -0.2) is 66.8 Å². The van der Waals surface area contributed by atoms with Crippen LogP contribution in [0.4, 0.5) is 11.6 Å². The Hall–Kier alpha value is -4.79. The largest absolute Gasteiger partial charge is 0.480 e. The number of nitrogen functional groups attached to an aromatic ring is 2. The predicted molar refractivity (Wildman–Crippen MR) is 128 cm³/mol. The lowest BCUT2D eigenvalue weighted by molar-refractivity contribution is -0.139. The fourth-order valence-electron chi connectivity index (χ4n) is 3.10. The van der Waals surface area contributed by atoms with E-state index in [1.54, 1.807) is 12.1 Å². The number of hydrogen-bond acceptors (Lipinski definition) is 11. The van der Waals surface area contributed by atoms with Crippen molar-refractivity contribution in [1.82, 2.24) is 30.3 Å². The molecule has 36 heavy (non-hydrogen) atoms. The standard InChI is InChI=1S/C21H25N9O6/c22-21-29-17-16(19(34)30(21)23)27-13(10-26-17)9-25-12-3-1-11(2-4-12)18(33)28-14(20(35)36)5-6-15(32)24-7-8-31/h1-4,10,14,25,31H,5-9,23H2,(H,24,32)(H,28,33)(H,35,36)(H2,22,26,29). The number of carbonyl (C=O) groups is 3. The average Bonchev–Trinajstić information content (AvgIpc) is 2.87. The van der Waals surface area contributed by atoms with E-state index in [2.05, 4.69) is 30.9 Å². The van der Waals surface area contributed by atoms with Gasteiger partial charge in [0.1, 0.15) is 6.04 Å². The molecular weight excluding hydrogens is 474 g/mol. The van der Waals surface area contributed by atoms with Gasteiger partial charge in [-0.3, -0.25) is 14.4 Å². The maximum Gasteiger partial charge on any atom is 0.326 e. The van der Waals surface area contributed by atoms with Crippen molar-refractivity contribution in [3.05, 3.63) is 52.1 Å². The van der Waals surface area contributed by atoms with E-state index in [0.29, 0.717) is 16.1 Å². The number of benzene rings is 1. The Labute approximate surface area is 203 Å². The minimum Gasteiger partial charge on any atom is -0.480 e. The summed E-state index contributed by atoms with van der Waals surface area (Å²) in [4.78, 5) is 60.0. The fraction of sp³-hybridized carbons (Fsp3) is 0.286. The quantitative estimate of drug-likeness (QED) is 0.144. The minimum absolute atomic E-state index is 0.0307. The first kappa shape index (κ1) is 25.8. The smallest absolute Gasteiger partial charge is 0.326 e. The molecule has 2 aromatic heterocycles. The Morgan fingerprint density at radius 2 is 1.86 bits per heavy atom. The number of carboxylic acid groups (broad SMARTS) is 1. The molecule has 3 aromatic rings. The molecule has 0 saturated heterocycles. The van der Waals surface area contributed by atoms with Crippen LogP contribution in [0.25, 0.3) is 11.2 Å². The van der Waals surface area contributed by atoms with Crippen molar-refractivity contribution >= 4 is 40.6 Å². The minimum atomic E-state index is -1.27. The maximum atomic E-state index is 12.5. The maximum absolute atomic E-state index is 12.5. The summed E-state index contributed by atoms with van der Waals surface area (Å²) in [7, 11) is 0. The van der Waals surface area contributed by atoms with Crippen LogP contribution >= 0.6 is 0 Å². The summed E-state index contributed by atoms with van der Waals surface area (Å²) < 4.78 is 0.680. The van der Waals surface area contributed by atoms with Gasteiger partial charge in [0.05, 0.1) is 25.0 Å². The third kappa shape index (κ3) is 6.41. The summed E-state index contributed by atoms with van der Waals surface area (Å²) in [5, 5.41) is 25.9. The van der Waals surface area contributed by atoms with Crippen LogP contribution in [0.2, 0.25) is 0 Å². The molecule has 1 unspecified atom stereocenters. The van der Waals surface area contributed by atoms with Crippen molar-refractivity contribution < 1.29 is 24.6 Å². The lowest BCUT2D eigenvalue weighted by atomic mass is 10.1. The van der Waals surface area contributed by atoms with E-state index in [1.807, 2.05) is 0 Å². The number of amides is 2. The first-order chi connectivity index (χ1) is 17.2. The van der Waals surface area contributed by atoms with E-state index in [9.17, 15) is 24.3 Å². The van der Waals surface area contributed by atoms with Gasteiger partial charge in [-0.05, 0) is 30.7 Å². The number of rotatable bonds is 11. The van der Waals surface area contributed by atoms with Crippen molar-refractivity contribution in [3.63, 3.8) is 0 Å². The van der Waals surface area contributed by atoms with Gasteiger partial charge in [0.25, 0.3) is 5.91 Å². The van der Waals surface area contributed by atoms with Gasteiger partial charge in [-0.25, -0.2) is 14.8 Å². The van der Waals surface area contributed by atoms with E-state index in [-0.39, 0.29) is 55.2 Å². The van der Waals surface area contributed by atoms with Gasteiger partial charge in [-0.2, -0.15) is 9.66 Å². The number of aromatic nitrogens is 4. The van der Waals surface area contributed by atoms with Gasteiger partial charge in [0, 0.05) is 24.2 Å². The Kier molecular flexibility index (Phi) is 8.30. The zero-order valence-corrected chi connectivity index (χ0v) is 19.0. The van der Waals surface area contributed by atoms with Crippen LogP contribution in [0.15, 0.2) is 35.3 Å². The molecule has 2 heterocycles. The van der Waals surface area contributed by atoms with Gasteiger partial charge in [-0.1, -0.05) is 0 Å². The highest BCUT2D eigenvalue weighted by Crippen LogP contribution is 2.12. The van der Waals surface area contributed by atoms with E-state index >= 15 is 0 Å². The van der Waals surface area contributed by atoms with Crippen LogP contribution in [0, 0.1) is 0 Å². The highest BCUT2D eigenvalue weighted by molar-refractivity contribution is 5.97. The Bertz CT molecular complexity index is 1330. The molecule has 0 fully saturated rings. The number of aliphatic hydroxyl groups is 1. The normalized spacial score (nSPS) is 11.6. The first-order valence-corrected chi connectivity index (χ1v) is 10.7. The molecule has 2 amide bonds. The summed E-state index contributed by atoms with van der Waals surface area (Å²) >= 11 is 0. The first-order valence-electron chi connectivity index (χ1n) is 10.7. The Balaban J connectivity index is 1.59. The van der Waals surface area contributed by atoms with Crippen molar-refractivity contribution in [2.24, 2.45) is 0 Å². The predicted octanol–water partition coefficient (Wildman–Crippen LogP) is -1.83. The van der Waals surface area contributed by atoms with Gasteiger partial charge in [-0.15, -0.1) is 0 Å². The summed E-state index contributed by atoms with van der Waals surface area (Å²) in [6.45, 7) is 0.0342. The molecule has 0 aliphatic heterocycles. The molecule has 0 aliphatic rings. The van der Waals surface area contributed by atoms with E-state index in [0.717, 1.165) is 0 Å². The molecule has 0 spiro atoms. The molecule has 15 nitrogen and oxygen atoms in total. The monoisotopic (exact) mass is 499 g/mol. The summed E-state index contributed by atoms with van der Waals surface area (Å²) in [5.74, 6) is 3.04. The van der Waals surface area contributed by atoms with E-state index in [1.165, 1.54) is 18.3 Å². The molecule has 3 rings (SSSR count). The van der Waals surface area contributed by atoms with Crippen LogP contribution in [0.3, 0.4) is 0 Å². The number of carboxylic acids is 1. The van der Waals surface area contributed by atoms with Gasteiger partial charge in [0.15, 0.2) is 11.2 Å². The van der Waals surface area contributed by atoms with Crippen LogP contribution in [0.1, 0.15) is 28.9 Å². The lowest BCUT2D eigenvalue weighted by Crippen LogP contribution is -2.41. The van der Waals surface area contributed by atoms with Crippen molar-refractivity contribution in [1.29, 1.82) is 0 Å². The SMILES string of the molecule is Nc1nc2ncc(CNc3ccc(C(=O)NC(CCC(=O)NCCO)C(=O)O)cc3)nc2c(=O)n1N. The number of fused-ring (bicyclic) bond motifs is 1. The number of hydrogen-bond donors (Lipinski definition) is 7. The molecule has 15 heteroatoms. The number of aliphatic hydroxyl groups excluding tert-OH is 1. The van der Waals surface area contributed by atoms with E-state index in [4.69, 9.17) is 16.7 Å². The molecule has 0 radical (unpaired) electrons. The number of nitrogens with two attached hydrogens (primary N) is 2. The number of nitrogens with one attached hydrogen (secondary N) is 3. The van der Waals surface area contributed by atoms with Gasteiger partial charge in [0.2, 0.25) is 11.9 Å². The average molecular weight is 499 g/mol. The highest BCUT2D eigenvalue weighted by Gasteiger charge is 2.21. The zero-order valence-electron chi connectivity index (χ0n) is 19.0. The molecule has 190 valence electrons. The molecular formula is C21H25N9O6. The molecule has 0 saturated carbocycles. The van der Waals surface area contributed by atoms with Gasteiger partial charge >= 0.3 is 11.5 Å². The van der Waals surface area contributed by atoms with Gasteiger partial charge < -0.3 is 37.7 Å². The second-order valence-corrected chi connectivity index (χ2v) is 7.59. The second kappa shape index (κ2) is 11.6. The van der Waals surface area contributed by atoms with E-state index < -0.39 is 29.4 Å². The second-order valence-electron chi connectivity index (χ2n) is 7.59. The van der Waals surface area contributed by atoms with Crippen LogP contribution < -0.4 is 33.1 Å². The molecule has 1 aromatic carbocycles. The number of carbonyl (C=O) groups excluding carboxylic acids is 2. The summed E-state index contributed by atoms with van der Waals surface area (Å²) in [6, 6.07) is 4.95. The third-order valence-corrected chi connectivity index (χ3v) is 5.01. The lowest BCUT2D eigenvalue weighted by Gasteiger charge is -2.15. The molecule has 9 N–H and O–H groups in total. The number of aliphatic carboxylic acids is 1. The zero-order chi connectivity index (χ0) is 26.2. The number of anilines is 2. The van der Waals surface area contributed by atoms with Crippen molar-refractivity contribution in [3.8, 4) is 0 Å². The van der Waals surface area contributed by atoms with Crippen LogP contribution in [-0.2, 0) is 16.1 Å². The fourth-order valence-corrected chi connectivity index (χ4v) is 3.10. The topological polar surface area (TPSA) is 240 Å². The highest BCUT2D eigenvalue weighted by atomic mass is 16.4. The molecule has 0 aliphatic carbocycles. The summed E-state index contributed by atoms with van der Waals surface area (Å²) in [6.07, 6.45) is 1.20. The Morgan fingerprint density at radius 3 is 2.53 bits per heavy atom. The third-order valence-electron chi connectivity index (χ3n) is 5.01. The van der Waals surface area contributed by atoms with Crippen molar-refractivity contribution in [2.75, 3.05) is 30.0 Å². The summed E-state index contributed by atoms with van der Waals surface area (Å²) in [5.41, 5.74) is 6.22.